The van der Waals surface area contributed by atoms with Gasteiger partial charge >= 0.3 is 0 Å². The summed E-state index contributed by atoms with van der Waals surface area (Å²) in [5.74, 6) is 0.917. The number of aromatic nitrogens is 1. The molecule has 1 heterocycles. The second-order valence-electron chi connectivity index (χ2n) is 4.55. The van der Waals surface area contributed by atoms with Gasteiger partial charge in [-0.25, -0.2) is 4.98 Å². The van der Waals surface area contributed by atoms with Gasteiger partial charge in [-0.1, -0.05) is 11.6 Å². The summed E-state index contributed by atoms with van der Waals surface area (Å²) in [7, 11) is 0. The zero-order valence-electron chi connectivity index (χ0n) is 8.13. The molecule has 0 unspecified atom stereocenters. The van der Waals surface area contributed by atoms with E-state index in [1.807, 2.05) is 0 Å². The minimum Gasteiger partial charge on any atom is -0.378 e. The molecule has 0 radical (unpaired) electrons. The van der Waals surface area contributed by atoms with Gasteiger partial charge in [0.25, 0.3) is 0 Å². The number of hydrogen-bond donors (Lipinski definition) is 1. The molecule has 0 atom stereocenters. The Labute approximate surface area is 93.1 Å². The molecule has 0 spiro atoms. The van der Waals surface area contributed by atoms with Crippen LogP contribution < -0.4 is 5.32 Å². The van der Waals surface area contributed by atoms with Crippen LogP contribution in [0, 0.1) is 17.2 Å². The number of pyridine rings is 1. The average molecular weight is 220 g/mol. The van der Waals surface area contributed by atoms with Gasteiger partial charge in [-0.3, -0.25) is 0 Å². The summed E-state index contributed by atoms with van der Waals surface area (Å²) in [5.41, 5.74) is 1.67. The molecule has 15 heavy (non-hydrogen) atoms. The lowest BCUT2D eigenvalue weighted by atomic mass is 9.50. The van der Waals surface area contributed by atoms with Crippen LogP contribution in [0.1, 0.15) is 24.8 Å². The lowest BCUT2D eigenvalue weighted by Crippen LogP contribution is -2.63. The number of nitrogens with one attached hydrogen (secondary N) is 1. The van der Waals surface area contributed by atoms with Gasteiger partial charge in [0.2, 0.25) is 0 Å². The van der Waals surface area contributed by atoms with Crippen LogP contribution >= 0.6 is 11.6 Å². The fourth-order valence-corrected chi connectivity index (χ4v) is 2.70. The quantitative estimate of drug-likeness (QED) is 0.778. The molecule has 3 nitrogen and oxygen atoms in total. The number of rotatable bonds is 2. The molecule has 4 heteroatoms. The van der Waals surface area contributed by atoms with Crippen LogP contribution in [0.2, 0.25) is 5.15 Å². The van der Waals surface area contributed by atoms with E-state index in [0.717, 1.165) is 11.6 Å². The van der Waals surface area contributed by atoms with E-state index in [-0.39, 0.29) is 5.54 Å². The Hall–Kier alpha value is -1.27. The van der Waals surface area contributed by atoms with Crippen molar-refractivity contribution in [3.05, 3.63) is 23.0 Å². The van der Waals surface area contributed by atoms with Crippen molar-refractivity contribution < 1.29 is 0 Å². The highest BCUT2D eigenvalue weighted by molar-refractivity contribution is 6.29. The fourth-order valence-electron chi connectivity index (χ4n) is 2.54. The molecule has 2 bridgehead atoms. The Balaban J connectivity index is 1.89. The Bertz CT molecular complexity index is 446. The third-order valence-corrected chi connectivity index (χ3v) is 3.64. The maximum absolute atomic E-state index is 8.94. The highest BCUT2D eigenvalue weighted by Gasteiger charge is 2.56. The normalized spacial score (nSPS) is 31.1. The average Bonchev–Trinajstić information content (AvgIpc) is 2.10. The maximum atomic E-state index is 8.94. The second kappa shape index (κ2) is 2.86. The Morgan fingerprint density at radius 2 is 2.27 bits per heavy atom. The maximum Gasteiger partial charge on any atom is 0.131 e. The van der Waals surface area contributed by atoms with Crippen molar-refractivity contribution in [3.8, 4) is 6.07 Å². The summed E-state index contributed by atoms with van der Waals surface area (Å²) in [4.78, 5) is 3.90. The van der Waals surface area contributed by atoms with E-state index >= 15 is 0 Å². The van der Waals surface area contributed by atoms with E-state index in [1.54, 1.807) is 6.07 Å². The Kier molecular flexibility index (Phi) is 1.72. The number of anilines is 1. The lowest BCUT2D eigenvalue weighted by molar-refractivity contribution is 0.00211. The van der Waals surface area contributed by atoms with E-state index in [1.165, 1.54) is 25.5 Å². The first-order chi connectivity index (χ1) is 7.21. The molecule has 3 aliphatic carbocycles. The molecular formula is C11H10ClN3. The predicted molar refractivity (Wildman–Crippen MR) is 57.7 cm³/mol. The van der Waals surface area contributed by atoms with Crippen LogP contribution in [-0.2, 0) is 0 Å². The minimum absolute atomic E-state index is 0.265. The zero-order valence-corrected chi connectivity index (χ0v) is 8.88. The zero-order chi connectivity index (χ0) is 10.5. The van der Waals surface area contributed by atoms with Crippen LogP contribution in [0.3, 0.4) is 0 Å². The molecule has 3 aliphatic rings. The van der Waals surface area contributed by atoms with Crippen LogP contribution in [0.5, 0.6) is 0 Å². The van der Waals surface area contributed by atoms with Crippen molar-refractivity contribution in [3.63, 3.8) is 0 Å². The third-order valence-electron chi connectivity index (χ3n) is 3.43. The van der Waals surface area contributed by atoms with Gasteiger partial charge in [-0.15, -0.1) is 0 Å². The molecule has 4 rings (SSSR count). The van der Waals surface area contributed by atoms with E-state index in [9.17, 15) is 0 Å². The van der Waals surface area contributed by atoms with Gasteiger partial charge in [0.1, 0.15) is 11.2 Å². The molecule has 1 aromatic rings. The highest BCUT2D eigenvalue weighted by atomic mass is 35.5. The number of halogens is 1. The van der Waals surface area contributed by atoms with Gasteiger partial charge in [-0.2, -0.15) is 5.26 Å². The fraction of sp³-hybridized carbons (Fsp3) is 0.455. The molecule has 76 valence electrons. The summed E-state index contributed by atoms with van der Waals surface area (Å²) in [6.07, 6.45) is 5.23. The van der Waals surface area contributed by atoms with Crippen molar-refractivity contribution in [1.82, 2.24) is 4.98 Å². The molecular weight excluding hydrogens is 210 g/mol. The van der Waals surface area contributed by atoms with E-state index in [2.05, 4.69) is 16.4 Å². The van der Waals surface area contributed by atoms with Gasteiger partial charge in [0.05, 0.1) is 11.3 Å². The first kappa shape index (κ1) is 8.99. The summed E-state index contributed by atoms with van der Waals surface area (Å²) in [5, 5.41) is 12.8. The Morgan fingerprint density at radius 3 is 2.80 bits per heavy atom. The molecule has 3 fully saturated rings. The predicted octanol–water partition coefficient (Wildman–Crippen LogP) is 2.57. The minimum atomic E-state index is 0.265. The van der Waals surface area contributed by atoms with E-state index < -0.39 is 0 Å². The third kappa shape index (κ3) is 1.29. The van der Waals surface area contributed by atoms with Crippen LogP contribution in [-0.4, -0.2) is 10.5 Å². The second-order valence-corrected chi connectivity index (χ2v) is 4.94. The monoisotopic (exact) mass is 219 g/mol. The molecule has 1 N–H and O–H groups in total. The Morgan fingerprint density at radius 1 is 1.53 bits per heavy atom. The highest BCUT2D eigenvalue weighted by Crippen LogP contribution is 2.58. The summed E-state index contributed by atoms with van der Waals surface area (Å²) >= 11 is 5.82. The van der Waals surface area contributed by atoms with Crippen LogP contribution in [0.15, 0.2) is 12.3 Å². The van der Waals surface area contributed by atoms with Crippen molar-refractivity contribution in [2.24, 2.45) is 5.92 Å². The first-order valence-corrected chi connectivity index (χ1v) is 5.42. The SMILES string of the molecule is N#Cc1cnc(Cl)cc1NC12CC(C1)C2. The summed E-state index contributed by atoms with van der Waals surface area (Å²) in [6.45, 7) is 0. The molecule has 0 aliphatic heterocycles. The topological polar surface area (TPSA) is 48.7 Å². The van der Waals surface area contributed by atoms with Gasteiger partial charge < -0.3 is 5.32 Å². The number of hydrogen-bond acceptors (Lipinski definition) is 3. The van der Waals surface area contributed by atoms with Crippen LogP contribution in [0.4, 0.5) is 5.69 Å². The molecule has 1 aromatic heterocycles. The van der Waals surface area contributed by atoms with Crippen molar-refractivity contribution >= 4 is 17.3 Å². The molecule has 0 amide bonds. The molecule has 3 saturated carbocycles. The number of nitrogens with zero attached hydrogens (tertiary/aromatic N) is 2. The van der Waals surface area contributed by atoms with Crippen molar-refractivity contribution in [1.29, 1.82) is 5.26 Å². The standard InChI is InChI=1S/C11H10ClN3/c12-10-1-9(8(5-13)6-14-10)15-11-2-7(3-11)4-11/h1,6-7H,2-4H2,(H,14,15). The van der Waals surface area contributed by atoms with E-state index in [0.29, 0.717) is 10.7 Å². The first-order valence-electron chi connectivity index (χ1n) is 5.05. The smallest absolute Gasteiger partial charge is 0.131 e. The summed E-state index contributed by atoms with van der Waals surface area (Å²) < 4.78 is 0. The molecule has 0 aromatic carbocycles. The van der Waals surface area contributed by atoms with Crippen molar-refractivity contribution in [2.45, 2.75) is 24.8 Å². The van der Waals surface area contributed by atoms with E-state index in [4.69, 9.17) is 16.9 Å². The molecule has 0 saturated heterocycles. The largest absolute Gasteiger partial charge is 0.378 e. The summed E-state index contributed by atoms with van der Waals surface area (Å²) in [6, 6.07) is 3.86. The van der Waals surface area contributed by atoms with Gasteiger partial charge in [0, 0.05) is 11.7 Å². The van der Waals surface area contributed by atoms with Crippen LogP contribution in [0.25, 0.3) is 0 Å². The van der Waals surface area contributed by atoms with Gasteiger partial charge in [-0.05, 0) is 31.2 Å². The van der Waals surface area contributed by atoms with Crippen molar-refractivity contribution in [2.75, 3.05) is 5.32 Å². The number of nitriles is 1. The van der Waals surface area contributed by atoms with Gasteiger partial charge in [0.15, 0.2) is 0 Å². The lowest BCUT2D eigenvalue weighted by Gasteiger charge is -2.62.